The first-order chi connectivity index (χ1) is 19.8. The van der Waals surface area contributed by atoms with Crippen LogP contribution in [0.3, 0.4) is 0 Å². The largest absolute Gasteiger partial charge is 0.489 e. The van der Waals surface area contributed by atoms with Crippen LogP contribution in [0, 0.1) is 6.92 Å². The van der Waals surface area contributed by atoms with E-state index in [9.17, 15) is 13.2 Å². The van der Waals surface area contributed by atoms with Crippen molar-refractivity contribution in [2.24, 2.45) is 5.10 Å². The lowest BCUT2D eigenvalue weighted by atomic mass is 10.1. The lowest BCUT2D eigenvalue weighted by Gasteiger charge is -2.19. The van der Waals surface area contributed by atoms with E-state index in [1.807, 2.05) is 49.4 Å². The Hall–Kier alpha value is -4.95. The molecule has 0 aliphatic rings. The Kier molecular flexibility index (Phi) is 8.12. The number of hydrogen-bond donors (Lipinski definition) is 1. The zero-order chi connectivity index (χ0) is 28.8. The molecule has 0 aliphatic heterocycles. The number of fused-ring (bicyclic) bond motifs is 1. The van der Waals surface area contributed by atoms with Crippen LogP contribution in [0.4, 0.5) is 5.69 Å². The number of sulfonamides is 1. The van der Waals surface area contributed by atoms with E-state index in [1.165, 1.54) is 22.1 Å². The molecule has 0 atom stereocenters. The number of amides is 1. The molecular weight excluding hydrogens is 534 g/mol. The van der Waals surface area contributed by atoms with Gasteiger partial charge in [0.1, 0.15) is 12.4 Å². The van der Waals surface area contributed by atoms with Gasteiger partial charge in [-0.05, 0) is 89.5 Å². The predicted molar refractivity (Wildman–Crippen MR) is 163 cm³/mol. The molecule has 5 aromatic carbocycles. The molecule has 0 spiro atoms. The van der Waals surface area contributed by atoms with Crippen molar-refractivity contribution >= 4 is 38.6 Å². The molecule has 7 nitrogen and oxygen atoms in total. The van der Waals surface area contributed by atoms with Crippen LogP contribution in [-0.4, -0.2) is 27.6 Å². The van der Waals surface area contributed by atoms with Crippen molar-refractivity contribution in [3.8, 4) is 5.75 Å². The fraction of sp³-hybridized carbons (Fsp3) is 0.0909. The van der Waals surface area contributed by atoms with E-state index in [1.54, 1.807) is 54.7 Å². The number of nitrogens with one attached hydrogen (secondary N) is 1. The van der Waals surface area contributed by atoms with Crippen LogP contribution in [0.25, 0.3) is 10.8 Å². The van der Waals surface area contributed by atoms with Gasteiger partial charge in [0.25, 0.3) is 15.9 Å². The lowest BCUT2D eigenvalue weighted by Crippen LogP contribution is -2.26. The molecule has 0 aliphatic carbocycles. The number of anilines is 1. The standard InChI is InChI=1S/C33H29N3O4S/c1-24-10-20-31(21-11-24)41(38,39)36(2)29-16-14-27(15-17-29)33(37)35-34-22-25-12-18-30(19-13-25)40-23-28-8-5-7-26-6-3-4-9-32(26)28/h3-22H,23H2,1-2H3,(H,35,37)/b34-22-. The van der Waals surface area contributed by atoms with Crippen LogP contribution in [0.5, 0.6) is 5.75 Å². The molecule has 5 rings (SSSR count). The van der Waals surface area contributed by atoms with Gasteiger partial charge in [-0.3, -0.25) is 9.10 Å². The molecule has 41 heavy (non-hydrogen) atoms. The van der Waals surface area contributed by atoms with E-state index in [4.69, 9.17) is 4.74 Å². The van der Waals surface area contributed by atoms with Gasteiger partial charge in [0.2, 0.25) is 0 Å². The highest BCUT2D eigenvalue weighted by Crippen LogP contribution is 2.23. The van der Waals surface area contributed by atoms with Crippen LogP contribution in [0.15, 0.2) is 125 Å². The molecule has 0 radical (unpaired) electrons. The normalized spacial score (nSPS) is 11.5. The number of hydrogen-bond acceptors (Lipinski definition) is 5. The lowest BCUT2D eigenvalue weighted by molar-refractivity contribution is 0.0955. The van der Waals surface area contributed by atoms with E-state index < -0.39 is 15.9 Å². The molecule has 5 aromatic rings. The number of aryl methyl sites for hydroxylation is 1. The summed E-state index contributed by atoms with van der Waals surface area (Å²) in [7, 11) is -2.24. The number of ether oxygens (including phenoxy) is 1. The van der Waals surface area contributed by atoms with Gasteiger partial charge in [0.05, 0.1) is 16.8 Å². The van der Waals surface area contributed by atoms with E-state index in [-0.39, 0.29) is 4.90 Å². The molecule has 0 aromatic heterocycles. The van der Waals surface area contributed by atoms with Crippen LogP contribution in [-0.2, 0) is 16.6 Å². The van der Waals surface area contributed by atoms with Gasteiger partial charge in [-0.1, -0.05) is 60.2 Å². The number of rotatable bonds is 9. The molecule has 206 valence electrons. The Balaban J connectivity index is 1.15. The molecule has 0 saturated heterocycles. The maximum absolute atomic E-state index is 12.9. The fourth-order valence-corrected chi connectivity index (χ4v) is 5.48. The summed E-state index contributed by atoms with van der Waals surface area (Å²) in [6.45, 7) is 2.35. The van der Waals surface area contributed by atoms with E-state index >= 15 is 0 Å². The average Bonchev–Trinajstić information content (AvgIpc) is 3.00. The average molecular weight is 564 g/mol. The third kappa shape index (κ3) is 6.45. The summed E-state index contributed by atoms with van der Waals surface area (Å²) in [5, 5.41) is 6.39. The Bertz CT molecular complexity index is 1790. The summed E-state index contributed by atoms with van der Waals surface area (Å²) in [4.78, 5) is 12.8. The van der Waals surface area contributed by atoms with Crippen molar-refractivity contribution in [3.63, 3.8) is 0 Å². The summed E-state index contributed by atoms with van der Waals surface area (Å²) in [6, 6.07) is 34.8. The zero-order valence-electron chi connectivity index (χ0n) is 22.7. The monoisotopic (exact) mass is 563 g/mol. The number of benzene rings is 5. The Labute approximate surface area is 239 Å². The van der Waals surface area contributed by atoms with E-state index in [0.29, 0.717) is 17.9 Å². The minimum Gasteiger partial charge on any atom is -0.489 e. The first-order valence-corrected chi connectivity index (χ1v) is 14.4. The minimum atomic E-state index is -3.72. The summed E-state index contributed by atoms with van der Waals surface area (Å²) in [5.74, 6) is 0.320. The second-order valence-electron chi connectivity index (χ2n) is 9.53. The highest BCUT2D eigenvalue weighted by molar-refractivity contribution is 7.92. The maximum Gasteiger partial charge on any atom is 0.271 e. The highest BCUT2D eigenvalue weighted by Gasteiger charge is 2.21. The number of carbonyl (C=O) groups is 1. The Morgan fingerprint density at radius 3 is 2.27 bits per heavy atom. The van der Waals surface area contributed by atoms with Crippen LogP contribution >= 0.6 is 0 Å². The number of nitrogens with zero attached hydrogens (tertiary/aromatic N) is 2. The van der Waals surface area contributed by atoms with Gasteiger partial charge in [0.15, 0.2) is 0 Å². The van der Waals surface area contributed by atoms with Crippen LogP contribution in [0.1, 0.15) is 27.0 Å². The highest BCUT2D eigenvalue weighted by atomic mass is 32.2. The van der Waals surface area contributed by atoms with Crippen molar-refractivity contribution in [1.29, 1.82) is 0 Å². The Morgan fingerprint density at radius 1 is 0.854 bits per heavy atom. The fourth-order valence-electron chi connectivity index (χ4n) is 4.29. The molecule has 8 heteroatoms. The quantitative estimate of drug-likeness (QED) is 0.168. The molecule has 0 bridgehead atoms. The minimum absolute atomic E-state index is 0.200. The molecule has 0 unspecified atom stereocenters. The van der Waals surface area contributed by atoms with Crippen molar-refractivity contribution in [3.05, 3.63) is 138 Å². The Morgan fingerprint density at radius 2 is 1.54 bits per heavy atom. The van der Waals surface area contributed by atoms with Crippen LogP contribution in [0.2, 0.25) is 0 Å². The smallest absolute Gasteiger partial charge is 0.271 e. The molecule has 0 fully saturated rings. The molecule has 0 saturated carbocycles. The van der Waals surface area contributed by atoms with Crippen molar-refractivity contribution in [1.82, 2.24) is 5.43 Å². The molecule has 0 heterocycles. The van der Waals surface area contributed by atoms with E-state index in [2.05, 4.69) is 34.8 Å². The second-order valence-corrected chi connectivity index (χ2v) is 11.5. The summed E-state index contributed by atoms with van der Waals surface area (Å²) >= 11 is 0. The maximum atomic E-state index is 12.9. The number of hydrazone groups is 1. The van der Waals surface area contributed by atoms with Gasteiger partial charge < -0.3 is 4.74 Å². The topological polar surface area (TPSA) is 88.1 Å². The summed E-state index contributed by atoms with van der Waals surface area (Å²) < 4.78 is 33.0. The SMILES string of the molecule is Cc1ccc(S(=O)(=O)N(C)c2ccc(C(=O)N/N=C\c3ccc(OCc4cccc5ccccc45)cc3)cc2)cc1. The van der Waals surface area contributed by atoms with Gasteiger partial charge in [0, 0.05) is 12.6 Å². The number of carbonyl (C=O) groups excluding carboxylic acids is 1. The summed E-state index contributed by atoms with van der Waals surface area (Å²) in [6.07, 6.45) is 1.54. The summed E-state index contributed by atoms with van der Waals surface area (Å²) in [5.41, 5.74) is 6.18. The second kappa shape index (κ2) is 12.1. The van der Waals surface area contributed by atoms with Crippen molar-refractivity contribution in [2.75, 3.05) is 11.4 Å². The third-order valence-corrected chi connectivity index (χ3v) is 8.51. The van der Waals surface area contributed by atoms with Crippen molar-refractivity contribution in [2.45, 2.75) is 18.4 Å². The third-order valence-electron chi connectivity index (χ3n) is 6.71. The first kappa shape index (κ1) is 27.6. The molecule has 1 N–H and O–H groups in total. The van der Waals surface area contributed by atoms with Gasteiger partial charge in [-0.25, -0.2) is 13.8 Å². The molecular formula is C33H29N3O4S. The molecule has 1 amide bonds. The predicted octanol–water partition coefficient (Wildman–Crippen LogP) is 6.32. The van der Waals surface area contributed by atoms with Crippen molar-refractivity contribution < 1.29 is 17.9 Å². The van der Waals surface area contributed by atoms with Gasteiger partial charge in [-0.15, -0.1) is 0 Å². The van der Waals surface area contributed by atoms with Crippen LogP contribution < -0.4 is 14.5 Å². The zero-order valence-corrected chi connectivity index (χ0v) is 23.5. The van der Waals surface area contributed by atoms with E-state index in [0.717, 1.165) is 22.4 Å². The van der Waals surface area contributed by atoms with Gasteiger partial charge in [-0.2, -0.15) is 5.10 Å². The van der Waals surface area contributed by atoms with Gasteiger partial charge >= 0.3 is 0 Å². The first-order valence-electron chi connectivity index (χ1n) is 13.0.